The molecule has 0 atom stereocenters. The lowest BCUT2D eigenvalue weighted by atomic mass is 10.1. The number of anilines is 2. The third-order valence-corrected chi connectivity index (χ3v) is 3.55. The maximum absolute atomic E-state index is 14.2. The van der Waals surface area contributed by atoms with Crippen LogP contribution in [0.2, 0.25) is 5.02 Å². The van der Waals surface area contributed by atoms with Gasteiger partial charge in [0.15, 0.2) is 5.82 Å². The Balaban J connectivity index is 2.27. The zero-order valence-electron chi connectivity index (χ0n) is 13.2. The number of rotatable bonds is 5. The fraction of sp³-hybridized carbons (Fsp3) is 0.235. The number of aryl methyl sites for hydroxylation is 1. The van der Waals surface area contributed by atoms with Crippen LogP contribution in [-0.2, 0) is 0 Å². The van der Waals surface area contributed by atoms with Crippen LogP contribution in [0.15, 0.2) is 35.3 Å². The SMILES string of the molecule is CCN(C)/C=N\c1cc(C)c(Nc2cc(F)cc(Cl)c2)cc1F. The summed E-state index contributed by atoms with van der Waals surface area (Å²) in [7, 11) is 1.86. The number of benzene rings is 2. The van der Waals surface area contributed by atoms with Gasteiger partial charge in [-0.1, -0.05) is 11.6 Å². The summed E-state index contributed by atoms with van der Waals surface area (Å²) in [5.74, 6) is -0.914. The second-order valence-corrected chi connectivity index (χ2v) is 5.66. The average molecular weight is 338 g/mol. The zero-order valence-corrected chi connectivity index (χ0v) is 14.0. The summed E-state index contributed by atoms with van der Waals surface area (Å²) < 4.78 is 27.5. The monoisotopic (exact) mass is 337 g/mol. The first kappa shape index (κ1) is 17.2. The molecule has 0 amide bonds. The molecule has 3 nitrogen and oxygen atoms in total. The van der Waals surface area contributed by atoms with Crippen molar-refractivity contribution in [3.63, 3.8) is 0 Å². The number of hydrogen-bond acceptors (Lipinski definition) is 2. The molecular formula is C17H18ClF2N3. The molecule has 0 saturated heterocycles. The third-order valence-electron chi connectivity index (χ3n) is 3.33. The predicted molar refractivity (Wildman–Crippen MR) is 92.3 cm³/mol. The first-order valence-electron chi connectivity index (χ1n) is 7.16. The Morgan fingerprint density at radius 2 is 1.96 bits per heavy atom. The molecule has 0 radical (unpaired) electrons. The fourth-order valence-corrected chi connectivity index (χ4v) is 2.15. The van der Waals surface area contributed by atoms with E-state index in [2.05, 4.69) is 10.3 Å². The van der Waals surface area contributed by atoms with Gasteiger partial charge < -0.3 is 10.2 Å². The zero-order chi connectivity index (χ0) is 17.0. The van der Waals surface area contributed by atoms with Crippen LogP contribution in [0.1, 0.15) is 12.5 Å². The summed E-state index contributed by atoms with van der Waals surface area (Å²) in [5.41, 5.74) is 2.04. The second-order valence-electron chi connectivity index (χ2n) is 5.22. The average Bonchev–Trinajstić information content (AvgIpc) is 2.47. The standard InChI is InChI=1S/C17H18ClF2N3/c1-4-23(3)10-21-17-5-11(2)16(9-15(17)20)22-14-7-12(18)6-13(19)8-14/h5-10,22H,4H2,1-3H3/b21-10-. The Morgan fingerprint density at radius 3 is 2.61 bits per heavy atom. The lowest BCUT2D eigenvalue weighted by molar-refractivity contribution is 0.551. The number of nitrogens with one attached hydrogen (secondary N) is 1. The Kier molecular flexibility index (Phi) is 5.55. The maximum Gasteiger partial charge on any atom is 0.150 e. The van der Waals surface area contributed by atoms with Crippen molar-refractivity contribution in [3.05, 3.63) is 52.6 Å². The molecule has 0 saturated carbocycles. The van der Waals surface area contributed by atoms with Gasteiger partial charge in [-0.25, -0.2) is 13.8 Å². The van der Waals surface area contributed by atoms with Crippen molar-refractivity contribution in [1.29, 1.82) is 0 Å². The maximum atomic E-state index is 14.2. The van der Waals surface area contributed by atoms with E-state index < -0.39 is 11.6 Å². The predicted octanol–water partition coefficient (Wildman–Crippen LogP) is 5.28. The molecule has 6 heteroatoms. The summed E-state index contributed by atoms with van der Waals surface area (Å²) in [6, 6.07) is 7.06. The third kappa shape index (κ3) is 4.66. The van der Waals surface area contributed by atoms with Crippen LogP contribution < -0.4 is 5.32 Å². The van der Waals surface area contributed by atoms with Crippen LogP contribution in [0.25, 0.3) is 0 Å². The number of hydrogen-bond donors (Lipinski definition) is 1. The van der Waals surface area contributed by atoms with E-state index >= 15 is 0 Å². The molecule has 0 aliphatic rings. The van der Waals surface area contributed by atoms with E-state index in [0.717, 1.165) is 12.1 Å². The highest BCUT2D eigenvalue weighted by molar-refractivity contribution is 6.30. The van der Waals surface area contributed by atoms with Crippen LogP contribution in [0, 0.1) is 18.6 Å². The first-order chi connectivity index (χ1) is 10.9. The topological polar surface area (TPSA) is 27.6 Å². The van der Waals surface area contributed by atoms with Gasteiger partial charge in [0.2, 0.25) is 0 Å². The first-order valence-corrected chi connectivity index (χ1v) is 7.54. The van der Waals surface area contributed by atoms with Crippen molar-refractivity contribution >= 4 is 35.0 Å². The lowest BCUT2D eigenvalue weighted by Crippen LogP contribution is -2.14. The second kappa shape index (κ2) is 7.42. The van der Waals surface area contributed by atoms with Crippen molar-refractivity contribution in [1.82, 2.24) is 4.90 Å². The molecule has 122 valence electrons. The van der Waals surface area contributed by atoms with Gasteiger partial charge in [-0.2, -0.15) is 0 Å². The summed E-state index contributed by atoms with van der Waals surface area (Å²) >= 11 is 5.82. The normalized spacial score (nSPS) is 11.0. The van der Waals surface area contributed by atoms with Crippen LogP contribution in [-0.4, -0.2) is 24.8 Å². The lowest BCUT2D eigenvalue weighted by Gasteiger charge is -2.12. The van der Waals surface area contributed by atoms with Crippen molar-refractivity contribution < 1.29 is 8.78 Å². The molecule has 0 aromatic heterocycles. The Labute approximate surface area is 139 Å². The van der Waals surface area contributed by atoms with Crippen molar-refractivity contribution in [2.24, 2.45) is 4.99 Å². The Morgan fingerprint density at radius 1 is 1.22 bits per heavy atom. The molecule has 0 spiro atoms. The number of halogens is 3. The summed E-state index contributed by atoms with van der Waals surface area (Å²) in [5, 5.41) is 3.24. The highest BCUT2D eigenvalue weighted by atomic mass is 35.5. The van der Waals surface area contributed by atoms with Gasteiger partial charge in [-0.05, 0) is 49.7 Å². The highest BCUT2D eigenvalue weighted by Crippen LogP contribution is 2.29. The van der Waals surface area contributed by atoms with Gasteiger partial charge in [-0.15, -0.1) is 0 Å². The van der Waals surface area contributed by atoms with Gasteiger partial charge >= 0.3 is 0 Å². The molecule has 2 aromatic carbocycles. The van der Waals surface area contributed by atoms with Crippen LogP contribution >= 0.6 is 11.6 Å². The van der Waals surface area contributed by atoms with E-state index in [1.807, 2.05) is 25.8 Å². The van der Waals surface area contributed by atoms with Crippen molar-refractivity contribution in [3.8, 4) is 0 Å². The van der Waals surface area contributed by atoms with Gasteiger partial charge in [0.05, 0.1) is 6.34 Å². The summed E-state index contributed by atoms with van der Waals surface area (Å²) in [6.45, 7) is 4.58. The minimum absolute atomic E-state index is 0.255. The van der Waals surface area contributed by atoms with Crippen molar-refractivity contribution in [2.75, 3.05) is 18.9 Å². The van der Waals surface area contributed by atoms with E-state index in [-0.39, 0.29) is 10.7 Å². The molecule has 0 fully saturated rings. The molecule has 2 rings (SSSR count). The molecule has 0 bridgehead atoms. The van der Waals surface area contributed by atoms with E-state index in [1.54, 1.807) is 18.5 Å². The molecule has 2 aromatic rings. The van der Waals surface area contributed by atoms with E-state index in [4.69, 9.17) is 11.6 Å². The minimum atomic E-state index is -0.457. The van der Waals surface area contributed by atoms with Gasteiger partial charge in [-0.3, -0.25) is 0 Å². The number of nitrogens with zero attached hydrogens (tertiary/aromatic N) is 2. The molecular weight excluding hydrogens is 320 g/mol. The van der Waals surface area contributed by atoms with E-state index in [1.165, 1.54) is 18.2 Å². The Hall–Kier alpha value is -2.14. The van der Waals surface area contributed by atoms with Crippen LogP contribution in [0.5, 0.6) is 0 Å². The van der Waals surface area contributed by atoms with Gasteiger partial charge in [0, 0.05) is 30.0 Å². The van der Waals surface area contributed by atoms with Gasteiger partial charge in [0.25, 0.3) is 0 Å². The van der Waals surface area contributed by atoms with Crippen LogP contribution in [0.3, 0.4) is 0 Å². The van der Waals surface area contributed by atoms with Crippen molar-refractivity contribution in [2.45, 2.75) is 13.8 Å². The van der Waals surface area contributed by atoms with E-state index in [9.17, 15) is 8.78 Å². The molecule has 0 aliphatic carbocycles. The minimum Gasteiger partial charge on any atom is -0.366 e. The Bertz CT molecular complexity index is 712. The number of aliphatic imine (C=N–C) groups is 1. The molecule has 1 N–H and O–H groups in total. The quantitative estimate of drug-likeness (QED) is 0.593. The smallest absolute Gasteiger partial charge is 0.150 e. The molecule has 0 unspecified atom stereocenters. The fourth-order valence-electron chi connectivity index (χ4n) is 1.92. The molecule has 0 aliphatic heterocycles. The van der Waals surface area contributed by atoms with Crippen LogP contribution in [0.4, 0.5) is 25.8 Å². The molecule has 23 heavy (non-hydrogen) atoms. The highest BCUT2D eigenvalue weighted by Gasteiger charge is 2.08. The van der Waals surface area contributed by atoms with Gasteiger partial charge in [0.1, 0.15) is 11.5 Å². The van der Waals surface area contributed by atoms with E-state index in [0.29, 0.717) is 11.4 Å². The largest absolute Gasteiger partial charge is 0.366 e. The molecule has 0 heterocycles. The summed E-state index contributed by atoms with van der Waals surface area (Å²) in [4.78, 5) is 5.97. The summed E-state index contributed by atoms with van der Waals surface area (Å²) in [6.07, 6.45) is 1.58.